The monoisotopic (exact) mass is 282 g/mol. The number of oxime groups is 1. The maximum absolute atomic E-state index is 13.8. The zero-order valence-electron chi connectivity index (χ0n) is 11.6. The molecule has 0 spiro atoms. The van der Waals surface area contributed by atoms with E-state index in [2.05, 4.69) is 10.5 Å². The number of amides is 1. The van der Waals surface area contributed by atoms with Crippen LogP contribution in [0.2, 0.25) is 0 Å². The van der Waals surface area contributed by atoms with Gasteiger partial charge in [-0.05, 0) is 6.07 Å². The van der Waals surface area contributed by atoms with Crippen LogP contribution >= 0.6 is 0 Å². The maximum Gasteiger partial charge on any atom is 0.223 e. The summed E-state index contributed by atoms with van der Waals surface area (Å²) >= 11 is 0. The van der Waals surface area contributed by atoms with Crippen molar-refractivity contribution in [1.29, 1.82) is 0 Å². The second-order valence-corrected chi connectivity index (χ2v) is 4.51. The van der Waals surface area contributed by atoms with E-state index in [4.69, 9.17) is 10.9 Å². The standard InChI is InChI=1S/C13H19FN4O2/c1-18(2)12(19)5-6-16-8-10-4-3-9(7-11(10)14)13(15)17-20/h3-4,7,16,20H,5-6,8H2,1-2H3,(H2,15,17). The molecule has 0 saturated carbocycles. The molecule has 1 aromatic rings. The van der Waals surface area contributed by atoms with Crippen molar-refractivity contribution in [3.63, 3.8) is 0 Å². The molecule has 0 radical (unpaired) electrons. The summed E-state index contributed by atoms with van der Waals surface area (Å²) in [6, 6.07) is 4.33. The normalized spacial score (nSPS) is 11.4. The van der Waals surface area contributed by atoms with Crippen molar-refractivity contribution in [2.24, 2.45) is 10.9 Å². The molecule has 0 aliphatic heterocycles. The Morgan fingerprint density at radius 3 is 2.75 bits per heavy atom. The minimum atomic E-state index is -0.444. The third-order valence-electron chi connectivity index (χ3n) is 2.79. The number of carbonyl (C=O) groups is 1. The van der Waals surface area contributed by atoms with Crippen molar-refractivity contribution in [3.8, 4) is 0 Å². The van der Waals surface area contributed by atoms with Crippen molar-refractivity contribution in [2.45, 2.75) is 13.0 Å². The number of nitrogens with one attached hydrogen (secondary N) is 1. The molecule has 0 aromatic heterocycles. The highest BCUT2D eigenvalue weighted by molar-refractivity contribution is 5.97. The van der Waals surface area contributed by atoms with Gasteiger partial charge in [0.15, 0.2) is 5.84 Å². The lowest BCUT2D eigenvalue weighted by atomic mass is 10.1. The van der Waals surface area contributed by atoms with E-state index in [1.165, 1.54) is 11.0 Å². The number of benzene rings is 1. The SMILES string of the molecule is CN(C)C(=O)CCNCc1ccc(C(N)=NO)cc1F. The Morgan fingerprint density at radius 1 is 1.50 bits per heavy atom. The molecule has 6 nitrogen and oxygen atoms in total. The smallest absolute Gasteiger partial charge is 0.223 e. The first-order chi connectivity index (χ1) is 9.45. The number of nitrogens with two attached hydrogens (primary N) is 1. The predicted molar refractivity (Wildman–Crippen MR) is 73.9 cm³/mol. The largest absolute Gasteiger partial charge is 0.409 e. The van der Waals surface area contributed by atoms with Gasteiger partial charge in [0.2, 0.25) is 5.91 Å². The van der Waals surface area contributed by atoms with Gasteiger partial charge in [-0.15, -0.1) is 0 Å². The number of hydrogen-bond acceptors (Lipinski definition) is 4. The summed E-state index contributed by atoms with van der Waals surface area (Å²) in [5.74, 6) is -0.569. The van der Waals surface area contributed by atoms with Crippen LogP contribution < -0.4 is 11.1 Å². The molecule has 0 heterocycles. The van der Waals surface area contributed by atoms with E-state index < -0.39 is 5.82 Å². The highest BCUT2D eigenvalue weighted by Crippen LogP contribution is 2.10. The molecule has 0 atom stereocenters. The summed E-state index contributed by atoms with van der Waals surface area (Å²) in [6.45, 7) is 0.779. The van der Waals surface area contributed by atoms with Gasteiger partial charge in [-0.25, -0.2) is 4.39 Å². The molecule has 1 rings (SSSR count). The molecule has 0 saturated heterocycles. The van der Waals surface area contributed by atoms with Gasteiger partial charge in [0.25, 0.3) is 0 Å². The summed E-state index contributed by atoms with van der Waals surface area (Å²) in [4.78, 5) is 12.8. The molecule has 0 aliphatic rings. The van der Waals surface area contributed by atoms with Crippen molar-refractivity contribution in [3.05, 3.63) is 35.1 Å². The lowest BCUT2D eigenvalue weighted by molar-refractivity contribution is -0.128. The van der Waals surface area contributed by atoms with Gasteiger partial charge in [0.1, 0.15) is 5.82 Å². The highest BCUT2D eigenvalue weighted by Gasteiger charge is 2.07. The van der Waals surface area contributed by atoms with Crippen LogP contribution in [0.3, 0.4) is 0 Å². The first kappa shape index (κ1) is 15.9. The zero-order valence-corrected chi connectivity index (χ0v) is 11.6. The fourth-order valence-electron chi connectivity index (χ4n) is 1.55. The quantitative estimate of drug-likeness (QED) is 0.233. The summed E-state index contributed by atoms with van der Waals surface area (Å²) in [5.41, 5.74) is 6.14. The number of halogens is 1. The number of rotatable bonds is 6. The van der Waals surface area contributed by atoms with E-state index in [0.29, 0.717) is 30.6 Å². The molecule has 0 unspecified atom stereocenters. The van der Waals surface area contributed by atoms with Gasteiger partial charge >= 0.3 is 0 Å². The van der Waals surface area contributed by atoms with Crippen molar-refractivity contribution >= 4 is 11.7 Å². The third-order valence-corrected chi connectivity index (χ3v) is 2.79. The van der Waals surface area contributed by atoms with Gasteiger partial charge in [0, 0.05) is 44.7 Å². The minimum Gasteiger partial charge on any atom is -0.409 e. The van der Waals surface area contributed by atoms with Gasteiger partial charge in [0.05, 0.1) is 0 Å². The van der Waals surface area contributed by atoms with Crippen LogP contribution in [0.5, 0.6) is 0 Å². The maximum atomic E-state index is 13.8. The van der Waals surface area contributed by atoms with E-state index in [9.17, 15) is 9.18 Å². The van der Waals surface area contributed by atoms with E-state index >= 15 is 0 Å². The number of nitrogens with zero attached hydrogens (tertiary/aromatic N) is 2. The highest BCUT2D eigenvalue weighted by atomic mass is 19.1. The molecular weight excluding hydrogens is 263 g/mol. The molecule has 1 amide bonds. The zero-order chi connectivity index (χ0) is 15.1. The molecule has 0 aliphatic carbocycles. The average molecular weight is 282 g/mol. The van der Waals surface area contributed by atoms with Crippen LogP contribution in [0.1, 0.15) is 17.5 Å². The topological polar surface area (TPSA) is 91.0 Å². The van der Waals surface area contributed by atoms with E-state index in [1.54, 1.807) is 26.2 Å². The lowest BCUT2D eigenvalue weighted by Crippen LogP contribution is -2.26. The van der Waals surface area contributed by atoms with E-state index in [0.717, 1.165) is 0 Å². The van der Waals surface area contributed by atoms with Gasteiger partial charge in [-0.1, -0.05) is 17.3 Å². The molecule has 0 bridgehead atoms. The molecule has 4 N–H and O–H groups in total. The molecule has 1 aromatic carbocycles. The molecular formula is C13H19FN4O2. The Balaban J connectivity index is 2.51. The van der Waals surface area contributed by atoms with Crippen molar-refractivity contribution in [1.82, 2.24) is 10.2 Å². The fourth-order valence-corrected chi connectivity index (χ4v) is 1.55. The summed E-state index contributed by atoms with van der Waals surface area (Å²) in [6.07, 6.45) is 0.358. The summed E-state index contributed by atoms with van der Waals surface area (Å²) in [7, 11) is 3.38. The molecule has 20 heavy (non-hydrogen) atoms. The van der Waals surface area contributed by atoms with Crippen LogP contribution in [0.15, 0.2) is 23.4 Å². The Morgan fingerprint density at radius 2 is 2.20 bits per heavy atom. The minimum absolute atomic E-state index is 0.0141. The van der Waals surface area contributed by atoms with Gasteiger partial charge in [-0.2, -0.15) is 0 Å². The predicted octanol–water partition coefficient (Wildman–Crippen LogP) is 0.488. The summed E-state index contributed by atoms with van der Waals surface area (Å²) in [5, 5.41) is 14.3. The number of carbonyl (C=O) groups excluding carboxylic acids is 1. The second-order valence-electron chi connectivity index (χ2n) is 4.51. The van der Waals surface area contributed by atoms with Crippen LogP contribution in [0.4, 0.5) is 4.39 Å². The average Bonchev–Trinajstić information content (AvgIpc) is 2.43. The lowest BCUT2D eigenvalue weighted by Gasteiger charge is -2.11. The first-order valence-electron chi connectivity index (χ1n) is 6.13. The van der Waals surface area contributed by atoms with Crippen molar-refractivity contribution in [2.75, 3.05) is 20.6 Å². The van der Waals surface area contributed by atoms with Gasteiger partial charge < -0.3 is 21.2 Å². The molecule has 7 heteroatoms. The molecule has 110 valence electrons. The Labute approximate surface area is 117 Å². The first-order valence-corrected chi connectivity index (χ1v) is 6.13. The van der Waals surface area contributed by atoms with Gasteiger partial charge in [-0.3, -0.25) is 4.79 Å². The summed E-state index contributed by atoms with van der Waals surface area (Å²) < 4.78 is 13.8. The Hall–Kier alpha value is -2.15. The van der Waals surface area contributed by atoms with Crippen LogP contribution in [0.25, 0.3) is 0 Å². The Kier molecular flexibility index (Phi) is 5.92. The van der Waals surface area contributed by atoms with Crippen LogP contribution in [-0.4, -0.2) is 42.5 Å². The second kappa shape index (κ2) is 7.44. The number of amidine groups is 1. The number of hydrogen-bond donors (Lipinski definition) is 3. The van der Waals surface area contributed by atoms with Crippen molar-refractivity contribution < 1.29 is 14.4 Å². The third kappa shape index (κ3) is 4.51. The van der Waals surface area contributed by atoms with Crippen LogP contribution in [-0.2, 0) is 11.3 Å². The fraction of sp³-hybridized carbons (Fsp3) is 0.385. The van der Waals surface area contributed by atoms with E-state index in [1.807, 2.05) is 0 Å². The van der Waals surface area contributed by atoms with Crippen LogP contribution in [0, 0.1) is 5.82 Å². The molecule has 0 fully saturated rings. The Bertz CT molecular complexity index is 503. The van der Waals surface area contributed by atoms with E-state index in [-0.39, 0.29) is 11.7 Å².